The molecule has 0 radical (unpaired) electrons. The molecule has 19 heavy (non-hydrogen) atoms. The van der Waals surface area contributed by atoms with Crippen molar-refractivity contribution in [1.82, 2.24) is 5.32 Å². The molecule has 1 aromatic rings. The second-order valence-corrected chi connectivity index (χ2v) is 5.30. The molecule has 0 saturated carbocycles. The van der Waals surface area contributed by atoms with Gasteiger partial charge in [-0.1, -0.05) is 6.07 Å². The summed E-state index contributed by atoms with van der Waals surface area (Å²) in [5, 5.41) is 2.67. The first-order chi connectivity index (χ1) is 8.77. The van der Waals surface area contributed by atoms with Gasteiger partial charge in [0.15, 0.2) is 0 Å². The molecule has 5 nitrogen and oxygen atoms in total. The molecule has 1 N–H and O–H groups in total. The lowest BCUT2D eigenvalue weighted by atomic mass is 10.0. The van der Waals surface area contributed by atoms with Crippen molar-refractivity contribution in [2.45, 2.75) is 33.2 Å². The van der Waals surface area contributed by atoms with Crippen LogP contribution in [0.15, 0.2) is 12.1 Å². The summed E-state index contributed by atoms with van der Waals surface area (Å²) in [6, 6.07) is 3.23. The third-order valence-electron chi connectivity index (χ3n) is 3.31. The van der Waals surface area contributed by atoms with E-state index >= 15 is 0 Å². The van der Waals surface area contributed by atoms with E-state index in [1.54, 1.807) is 27.0 Å². The standard InChI is InChI=1S/C14H18N2O3/c1-8-6-9(2)11(19-5)7-10(8)16-12(17)14(3,4)15-13(16)18/h6-7H,1-5H3,(H,15,18). The van der Waals surface area contributed by atoms with Gasteiger partial charge in [-0.15, -0.1) is 0 Å². The minimum atomic E-state index is -0.873. The third kappa shape index (κ3) is 2.05. The van der Waals surface area contributed by atoms with Gasteiger partial charge in [-0.2, -0.15) is 0 Å². The summed E-state index contributed by atoms with van der Waals surface area (Å²) in [4.78, 5) is 25.4. The number of imide groups is 1. The first-order valence-electron chi connectivity index (χ1n) is 6.10. The molecular formula is C14H18N2O3. The van der Waals surface area contributed by atoms with Crippen LogP contribution in [0.2, 0.25) is 0 Å². The van der Waals surface area contributed by atoms with Crippen molar-refractivity contribution in [3.8, 4) is 5.75 Å². The lowest BCUT2D eigenvalue weighted by molar-refractivity contribution is -0.121. The van der Waals surface area contributed by atoms with Gasteiger partial charge < -0.3 is 10.1 Å². The molecule has 0 atom stereocenters. The maximum atomic E-state index is 12.3. The number of ether oxygens (including phenoxy) is 1. The summed E-state index contributed by atoms with van der Waals surface area (Å²) in [5.41, 5.74) is 1.52. The largest absolute Gasteiger partial charge is 0.496 e. The van der Waals surface area contributed by atoms with E-state index in [1.165, 1.54) is 4.90 Å². The van der Waals surface area contributed by atoms with E-state index in [0.717, 1.165) is 11.1 Å². The number of carbonyl (C=O) groups excluding carboxylic acids is 2. The van der Waals surface area contributed by atoms with Crippen LogP contribution < -0.4 is 15.0 Å². The molecule has 0 bridgehead atoms. The average molecular weight is 262 g/mol. The molecule has 0 aliphatic carbocycles. The van der Waals surface area contributed by atoms with Crippen molar-refractivity contribution >= 4 is 17.6 Å². The number of benzene rings is 1. The fourth-order valence-corrected chi connectivity index (χ4v) is 2.25. The molecule has 1 aliphatic rings. The summed E-state index contributed by atoms with van der Waals surface area (Å²) < 4.78 is 5.25. The maximum absolute atomic E-state index is 12.3. The predicted octanol–water partition coefficient (Wildman–Crippen LogP) is 2.15. The van der Waals surface area contributed by atoms with Crippen LogP contribution in [0.1, 0.15) is 25.0 Å². The van der Waals surface area contributed by atoms with Gasteiger partial charge in [-0.25, -0.2) is 9.69 Å². The fraction of sp³-hybridized carbons (Fsp3) is 0.429. The highest BCUT2D eigenvalue weighted by molar-refractivity contribution is 6.23. The van der Waals surface area contributed by atoms with Crippen molar-refractivity contribution in [1.29, 1.82) is 0 Å². The Hall–Kier alpha value is -2.04. The lowest BCUT2D eigenvalue weighted by Crippen LogP contribution is -2.40. The molecule has 1 aromatic carbocycles. The normalized spacial score (nSPS) is 17.6. The van der Waals surface area contributed by atoms with Crippen molar-refractivity contribution in [2.24, 2.45) is 0 Å². The van der Waals surface area contributed by atoms with E-state index in [4.69, 9.17) is 4.74 Å². The van der Waals surface area contributed by atoms with Crippen LogP contribution in [0.4, 0.5) is 10.5 Å². The number of nitrogens with one attached hydrogen (secondary N) is 1. The molecule has 1 fully saturated rings. The first-order valence-corrected chi connectivity index (χ1v) is 6.10. The molecule has 2 rings (SSSR count). The number of aryl methyl sites for hydroxylation is 2. The van der Waals surface area contributed by atoms with Crippen LogP contribution in [0.25, 0.3) is 0 Å². The summed E-state index contributed by atoms with van der Waals surface area (Å²) in [7, 11) is 1.57. The Bertz CT molecular complexity index is 564. The lowest BCUT2D eigenvalue weighted by Gasteiger charge is -2.19. The van der Waals surface area contributed by atoms with Crippen LogP contribution in [0.5, 0.6) is 5.75 Å². The topological polar surface area (TPSA) is 58.6 Å². The highest BCUT2D eigenvalue weighted by Gasteiger charge is 2.45. The van der Waals surface area contributed by atoms with Gasteiger partial charge in [0.25, 0.3) is 5.91 Å². The summed E-state index contributed by atoms with van der Waals surface area (Å²) in [6.07, 6.45) is 0. The molecule has 1 aliphatic heterocycles. The Morgan fingerprint density at radius 3 is 2.26 bits per heavy atom. The zero-order chi connectivity index (χ0) is 14.4. The molecule has 1 heterocycles. The number of rotatable bonds is 2. The first kappa shape index (κ1) is 13.4. The Morgan fingerprint density at radius 2 is 1.79 bits per heavy atom. The fourth-order valence-electron chi connectivity index (χ4n) is 2.25. The minimum absolute atomic E-state index is 0.258. The zero-order valence-corrected chi connectivity index (χ0v) is 11.8. The molecule has 0 spiro atoms. The van der Waals surface area contributed by atoms with Crippen LogP contribution in [0.3, 0.4) is 0 Å². The molecule has 1 saturated heterocycles. The van der Waals surface area contributed by atoms with Gasteiger partial charge in [0.1, 0.15) is 11.3 Å². The number of nitrogens with zero attached hydrogens (tertiary/aromatic N) is 1. The minimum Gasteiger partial charge on any atom is -0.496 e. The Balaban J connectivity index is 2.54. The number of hydrogen-bond acceptors (Lipinski definition) is 3. The number of anilines is 1. The molecular weight excluding hydrogens is 244 g/mol. The number of urea groups is 1. The summed E-state index contributed by atoms with van der Waals surface area (Å²) >= 11 is 0. The van der Waals surface area contributed by atoms with Gasteiger partial charge >= 0.3 is 6.03 Å². The number of carbonyl (C=O) groups is 2. The van der Waals surface area contributed by atoms with Gasteiger partial charge in [0, 0.05) is 6.07 Å². The molecule has 0 unspecified atom stereocenters. The quantitative estimate of drug-likeness (QED) is 0.831. The smallest absolute Gasteiger partial charge is 0.329 e. The van der Waals surface area contributed by atoms with Gasteiger partial charge in [-0.3, -0.25) is 4.79 Å². The molecule has 5 heteroatoms. The van der Waals surface area contributed by atoms with Gasteiger partial charge in [0.2, 0.25) is 0 Å². The highest BCUT2D eigenvalue weighted by atomic mass is 16.5. The molecule has 102 valence electrons. The molecule has 3 amide bonds. The summed E-state index contributed by atoms with van der Waals surface area (Å²) in [5.74, 6) is 0.400. The zero-order valence-electron chi connectivity index (χ0n) is 11.8. The van der Waals surface area contributed by atoms with E-state index in [1.807, 2.05) is 19.9 Å². The van der Waals surface area contributed by atoms with Gasteiger partial charge in [0.05, 0.1) is 12.8 Å². The van der Waals surface area contributed by atoms with E-state index < -0.39 is 11.6 Å². The maximum Gasteiger partial charge on any atom is 0.329 e. The van der Waals surface area contributed by atoms with Crippen LogP contribution in [-0.4, -0.2) is 24.6 Å². The van der Waals surface area contributed by atoms with Gasteiger partial charge in [-0.05, 0) is 38.8 Å². The number of amides is 3. The summed E-state index contributed by atoms with van der Waals surface area (Å²) in [6.45, 7) is 7.17. The SMILES string of the molecule is COc1cc(N2C(=O)NC(C)(C)C2=O)c(C)cc1C. The van der Waals surface area contributed by atoms with Crippen LogP contribution >= 0.6 is 0 Å². The second kappa shape index (κ2) is 4.26. The third-order valence-corrected chi connectivity index (χ3v) is 3.31. The van der Waals surface area contributed by atoms with Crippen LogP contribution in [0, 0.1) is 13.8 Å². The van der Waals surface area contributed by atoms with Crippen molar-refractivity contribution < 1.29 is 14.3 Å². The Labute approximate surface area is 112 Å². The van der Waals surface area contributed by atoms with Crippen molar-refractivity contribution in [2.75, 3.05) is 12.0 Å². The van der Waals surface area contributed by atoms with Crippen LogP contribution in [-0.2, 0) is 4.79 Å². The Morgan fingerprint density at radius 1 is 1.16 bits per heavy atom. The predicted molar refractivity (Wildman–Crippen MR) is 72.6 cm³/mol. The molecule has 0 aromatic heterocycles. The number of hydrogen-bond donors (Lipinski definition) is 1. The number of methoxy groups -OCH3 is 1. The monoisotopic (exact) mass is 262 g/mol. The Kier molecular flexibility index (Phi) is 3.00. The highest BCUT2D eigenvalue weighted by Crippen LogP contribution is 2.32. The van der Waals surface area contributed by atoms with E-state index in [2.05, 4.69) is 5.32 Å². The van der Waals surface area contributed by atoms with Crippen molar-refractivity contribution in [3.05, 3.63) is 23.3 Å². The van der Waals surface area contributed by atoms with E-state index in [-0.39, 0.29) is 5.91 Å². The van der Waals surface area contributed by atoms with E-state index in [0.29, 0.717) is 11.4 Å². The van der Waals surface area contributed by atoms with E-state index in [9.17, 15) is 9.59 Å². The average Bonchev–Trinajstić information content (AvgIpc) is 2.50. The van der Waals surface area contributed by atoms with Crippen molar-refractivity contribution in [3.63, 3.8) is 0 Å². The second-order valence-electron chi connectivity index (χ2n) is 5.30.